The van der Waals surface area contributed by atoms with E-state index in [1.54, 1.807) is 30.3 Å². The number of carbonyl (C=O) groups excluding carboxylic acids is 1. The molecular formula is C19H15Cl2N5O4. The Hall–Kier alpha value is -3.14. The van der Waals surface area contributed by atoms with Crippen LogP contribution in [0.25, 0.3) is 33.1 Å². The SMILES string of the molecule is COCCOC(=O)Nc1nc2ccc(-c3n[nH]c(=O)c4c(Cl)ccc(Cl)c34)cc2[nH]1. The van der Waals surface area contributed by atoms with Gasteiger partial charge >= 0.3 is 6.09 Å². The molecule has 11 heteroatoms. The van der Waals surface area contributed by atoms with Crippen LogP contribution in [0, 0.1) is 0 Å². The first-order valence-electron chi connectivity index (χ1n) is 8.77. The molecule has 0 aliphatic rings. The zero-order valence-electron chi connectivity index (χ0n) is 15.6. The maximum atomic E-state index is 12.2. The van der Waals surface area contributed by atoms with Gasteiger partial charge in [-0.15, -0.1) is 0 Å². The molecule has 0 unspecified atom stereocenters. The summed E-state index contributed by atoms with van der Waals surface area (Å²) < 4.78 is 9.78. The third-order valence-corrected chi connectivity index (χ3v) is 4.96. The Morgan fingerprint density at radius 1 is 1.13 bits per heavy atom. The average molecular weight is 448 g/mol. The van der Waals surface area contributed by atoms with Crippen molar-refractivity contribution in [1.82, 2.24) is 20.2 Å². The molecule has 154 valence electrons. The van der Waals surface area contributed by atoms with Gasteiger partial charge in [0.25, 0.3) is 5.56 Å². The van der Waals surface area contributed by atoms with Gasteiger partial charge in [-0.1, -0.05) is 29.3 Å². The van der Waals surface area contributed by atoms with Crippen LogP contribution in [-0.4, -0.2) is 46.6 Å². The second kappa shape index (κ2) is 8.31. The maximum absolute atomic E-state index is 12.2. The van der Waals surface area contributed by atoms with Gasteiger partial charge in [0.1, 0.15) is 12.3 Å². The van der Waals surface area contributed by atoms with Gasteiger partial charge in [0.2, 0.25) is 5.95 Å². The molecule has 0 saturated carbocycles. The molecule has 9 nitrogen and oxygen atoms in total. The van der Waals surface area contributed by atoms with E-state index in [9.17, 15) is 9.59 Å². The summed E-state index contributed by atoms with van der Waals surface area (Å²) in [6, 6.07) is 8.48. The lowest BCUT2D eigenvalue weighted by Gasteiger charge is -2.08. The molecule has 0 fully saturated rings. The van der Waals surface area contributed by atoms with Crippen LogP contribution in [0.3, 0.4) is 0 Å². The second-order valence-corrected chi connectivity index (χ2v) is 7.07. The number of aromatic nitrogens is 4. The molecule has 2 aromatic heterocycles. The van der Waals surface area contributed by atoms with E-state index in [0.29, 0.717) is 39.3 Å². The number of imidazole rings is 1. The lowest BCUT2D eigenvalue weighted by atomic mass is 10.0. The summed E-state index contributed by atoms with van der Waals surface area (Å²) in [6.07, 6.45) is -0.652. The number of hydrogen-bond donors (Lipinski definition) is 3. The van der Waals surface area contributed by atoms with Crippen LogP contribution < -0.4 is 10.9 Å². The number of halogens is 2. The van der Waals surface area contributed by atoms with E-state index in [1.807, 2.05) is 0 Å². The normalized spacial score (nSPS) is 11.2. The average Bonchev–Trinajstić information content (AvgIpc) is 3.12. The minimum Gasteiger partial charge on any atom is -0.447 e. The summed E-state index contributed by atoms with van der Waals surface area (Å²) >= 11 is 12.5. The number of nitrogens with zero attached hydrogens (tertiary/aromatic N) is 2. The molecule has 4 rings (SSSR count). The van der Waals surface area contributed by atoms with Crippen molar-refractivity contribution in [3.8, 4) is 11.3 Å². The minimum atomic E-state index is -0.652. The summed E-state index contributed by atoms with van der Waals surface area (Å²) in [5, 5.41) is 10.5. The molecule has 1 amide bonds. The molecule has 2 heterocycles. The van der Waals surface area contributed by atoms with Crippen LogP contribution in [0.5, 0.6) is 0 Å². The number of methoxy groups -OCH3 is 1. The van der Waals surface area contributed by atoms with E-state index in [1.165, 1.54) is 7.11 Å². The number of carbonyl (C=O) groups is 1. The van der Waals surface area contributed by atoms with Crippen molar-refractivity contribution >= 4 is 57.0 Å². The number of amides is 1. The molecule has 0 radical (unpaired) electrons. The molecule has 0 atom stereocenters. The molecule has 0 aliphatic heterocycles. The summed E-state index contributed by atoms with van der Waals surface area (Å²) in [5.41, 5.74) is 1.96. The van der Waals surface area contributed by atoms with Crippen LogP contribution in [0.15, 0.2) is 35.1 Å². The number of aromatic amines is 2. The Labute approximate surface area is 179 Å². The third kappa shape index (κ3) is 3.82. The number of nitrogens with one attached hydrogen (secondary N) is 3. The lowest BCUT2D eigenvalue weighted by Crippen LogP contribution is -2.17. The fourth-order valence-corrected chi connectivity index (χ4v) is 3.49. The first-order chi connectivity index (χ1) is 14.5. The van der Waals surface area contributed by atoms with Gasteiger partial charge in [0.15, 0.2) is 0 Å². The third-order valence-electron chi connectivity index (χ3n) is 4.33. The van der Waals surface area contributed by atoms with E-state index < -0.39 is 11.7 Å². The zero-order valence-corrected chi connectivity index (χ0v) is 17.1. The van der Waals surface area contributed by atoms with Gasteiger partial charge < -0.3 is 14.5 Å². The molecule has 0 saturated heterocycles. The number of benzene rings is 2. The van der Waals surface area contributed by atoms with Gasteiger partial charge in [0.05, 0.1) is 33.1 Å². The molecule has 0 bridgehead atoms. The number of H-pyrrole nitrogens is 2. The van der Waals surface area contributed by atoms with E-state index in [0.717, 1.165) is 0 Å². The Kier molecular flexibility index (Phi) is 5.58. The van der Waals surface area contributed by atoms with Crippen molar-refractivity contribution in [2.45, 2.75) is 0 Å². The number of anilines is 1. The van der Waals surface area contributed by atoms with Crippen LogP contribution in [0.1, 0.15) is 0 Å². The Morgan fingerprint density at radius 2 is 1.90 bits per heavy atom. The highest BCUT2D eigenvalue weighted by molar-refractivity contribution is 6.41. The van der Waals surface area contributed by atoms with Crippen LogP contribution >= 0.6 is 23.2 Å². The molecule has 2 aromatic carbocycles. The highest BCUT2D eigenvalue weighted by atomic mass is 35.5. The first-order valence-corrected chi connectivity index (χ1v) is 9.53. The van der Waals surface area contributed by atoms with Crippen LogP contribution in [0.4, 0.5) is 10.7 Å². The van der Waals surface area contributed by atoms with Crippen LogP contribution in [-0.2, 0) is 9.47 Å². The van der Waals surface area contributed by atoms with Gasteiger partial charge in [-0.05, 0) is 24.3 Å². The predicted octanol–water partition coefficient (Wildman–Crippen LogP) is 3.97. The molecule has 0 aliphatic carbocycles. The standard InChI is InChI=1S/C19H15Cl2N5O4/c1-29-6-7-30-19(28)24-18-22-12-5-2-9(8-13(12)23-18)16-14-10(20)3-4-11(21)15(14)17(27)26-25-16/h2-5,8H,6-7H2,1H3,(H,26,27)(H2,22,23,24,28). The summed E-state index contributed by atoms with van der Waals surface area (Å²) in [5.74, 6) is 0.227. The minimum absolute atomic E-state index is 0.126. The van der Waals surface area contributed by atoms with Crippen molar-refractivity contribution in [2.24, 2.45) is 0 Å². The number of rotatable bonds is 5. The molecule has 0 spiro atoms. The van der Waals surface area contributed by atoms with Gasteiger partial charge in [-0.25, -0.2) is 14.9 Å². The van der Waals surface area contributed by atoms with E-state index in [-0.39, 0.29) is 23.0 Å². The summed E-state index contributed by atoms with van der Waals surface area (Å²) in [4.78, 5) is 31.3. The molecule has 3 N–H and O–H groups in total. The van der Waals surface area contributed by atoms with E-state index in [2.05, 4.69) is 25.5 Å². The second-order valence-electron chi connectivity index (χ2n) is 6.25. The fourth-order valence-electron chi connectivity index (χ4n) is 3.00. The maximum Gasteiger partial charge on any atom is 0.414 e. The summed E-state index contributed by atoms with van der Waals surface area (Å²) in [6.45, 7) is 0.421. The quantitative estimate of drug-likeness (QED) is 0.397. The van der Waals surface area contributed by atoms with Gasteiger partial charge in [0, 0.05) is 18.1 Å². The smallest absolute Gasteiger partial charge is 0.414 e. The highest BCUT2D eigenvalue weighted by Gasteiger charge is 2.16. The Morgan fingerprint density at radius 3 is 2.67 bits per heavy atom. The van der Waals surface area contributed by atoms with Gasteiger partial charge in [-0.3, -0.25) is 10.1 Å². The number of hydrogen-bond acceptors (Lipinski definition) is 6. The Balaban J connectivity index is 1.71. The number of fused-ring (bicyclic) bond motifs is 2. The largest absolute Gasteiger partial charge is 0.447 e. The predicted molar refractivity (Wildman–Crippen MR) is 114 cm³/mol. The molecular weight excluding hydrogens is 433 g/mol. The highest BCUT2D eigenvalue weighted by Crippen LogP contribution is 2.34. The number of ether oxygens (including phenoxy) is 2. The Bertz CT molecular complexity index is 1320. The van der Waals surface area contributed by atoms with Crippen LogP contribution in [0.2, 0.25) is 10.0 Å². The molecule has 4 aromatic rings. The van der Waals surface area contributed by atoms with Crippen molar-refractivity contribution in [3.05, 3.63) is 50.7 Å². The van der Waals surface area contributed by atoms with Crippen molar-refractivity contribution in [2.75, 3.05) is 25.6 Å². The first kappa shape index (κ1) is 20.1. The topological polar surface area (TPSA) is 122 Å². The fraction of sp³-hybridized carbons (Fsp3) is 0.158. The lowest BCUT2D eigenvalue weighted by molar-refractivity contribution is 0.107. The van der Waals surface area contributed by atoms with Gasteiger partial charge in [-0.2, -0.15) is 5.10 Å². The molecule has 30 heavy (non-hydrogen) atoms. The van der Waals surface area contributed by atoms with Crippen molar-refractivity contribution in [3.63, 3.8) is 0 Å². The zero-order chi connectivity index (χ0) is 21.3. The van der Waals surface area contributed by atoms with E-state index in [4.69, 9.17) is 32.7 Å². The summed E-state index contributed by atoms with van der Waals surface area (Å²) in [7, 11) is 1.51. The van der Waals surface area contributed by atoms with E-state index >= 15 is 0 Å². The van der Waals surface area contributed by atoms with Crippen molar-refractivity contribution in [1.29, 1.82) is 0 Å². The monoisotopic (exact) mass is 447 g/mol. The van der Waals surface area contributed by atoms with Crippen molar-refractivity contribution < 1.29 is 14.3 Å².